The van der Waals surface area contributed by atoms with Gasteiger partial charge >= 0.3 is 0 Å². The van der Waals surface area contributed by atoms with Crippen LogP contribution in [0.2, 0.25) is 5.02 Å². The predicted octanol–water partition coefficient (Wildman–Crippen LogP) is 3.63. The summed E-state index contributed by atoms with van der Waals surface area (Å²) in [5.41, 5.74) is -0.588. The normalized spacial score (nSPS) is 18.9. The highest BCUT2D eigenvalue weighted by Gasteiger charge is 2.42. The van der Waals surface area contributed by atoms with Crippen LogP contribution < -0.4 is 10.9 Å². The molecule has 3 N–H and O–H groups in total. The van der Waals surface area contributed by atoms with Crippen molar-refractivity contribution in [2.24, 2.45) is 5.41 Å². The van der Waals surface area contributed by atoms with Crippen LogP contribution in [0.3, 0.4) is 0 Å². The Morgan fingerprint density at radius 3 is 2.50 bits per heavy atom. The van der Waals surface area contributed by atoms with Crippen LogP contribution in [-0.2, 0) is 16.1 Å². The van der Waals surface area contributed by atoms with Gasteiger partial charge in [-0.3, -0.25) is 9.59 Å². The molecular formula is C26H32ClN5O4. The largest absolute Gasteiger partial charge is 0.396 e. The van der Waals surface area contributed by atoms with Crippen molar-refractivity contribution in [2.75, 3.05) is 13.2 Å². The monoisotopic (exact) mass is 513 g/mol. The summed E-state index contributed by atoms with van der Waals surface area (Å²) in [6.45, 7) is 0.483. The fourth-order valence-electron chi connectivity index (χ4n) is 5.47. The number of rotatable bonds is 8. The summed E-state index contributed by atoms with van der Waals surface area (Å²) in [5, 5.41) is 17.3. The molecule has 2 heterocycles. The van der Waals surface area contributed by atoms with Crippen molar-refractivity contribution in [2.45, 2.75) is 70.0 Å². The number of benzene rings is 1. The highest BCUT2D eigenvalue weighted by Crippen LogP contribution is 2.38. The third kappa shape index (κ3) is 4.79. The summed E-state index contributed by atoms with van der Waals surface area (Å²) in [7, 11) is 0. The number of halogens is 1. The number of aliphatic hydroxyl groups excluding tert-OH is 1. The first kappa shape index (κ1) is 24.9. The van der Waals surface area contributed by atoms with Gasteiger partial charge in [0.15, 0.2) is 5.82 Å². The van der Waals surface area contributed by atoms with Crippen LogP contribution in [0.5, 0.6) is 0 Å². The van der Waals surface area contributed by atoms with Crippen LogP contribution in [0, 0.1) is 5.41 Å². The van der Waals surface area contributed by atoms with E-state index in [9.17, 15) is 14.7 Å². The van der Waals surface area contributed by atoms with E-state index in [2.05, 4.69) is 20.4 Å². The van der Waals surface area contributed by atoms with Gasteiger partial charge in [-0.15, -0.1) is 5.10 Å². The van der Waals surface area contributed by atoms with Gasteiger partial charge in [0, 0.05) is 17.5 Å². The number of aliphatic hydroxyl groups is 1. The number of carbonyl (C=O) groups excluding carboxylic acids is 1. The molecule has 0 aliphatic heterocycles. The number of aromatic nitrogens is 4. The summed E-state index contributed by atoms with van der Waals surface area (Å²) >= 11 is 6.41. The fraction of sp³-hybridized carbons (Fsp3) is 0.538. The molecule has 0 spiro atoms. The van der Waals surface area contributed by atoms with E-state index in [0.29, 0.717) is 30.9 Å². The number of nitrogens with zero attached hydrogens (tertiary/aromatic N) is 3. The molecule has 1 amide bonds. The van der Waals surface area contributed by atoms with E-state index in [-0.39, 0.29) is 35.3 Å². The molecule has 0 bridgehead atoms. The van der Waals surface area contributed by atoms with E-state index in [1.807, 2.05) is 30.3 Å². The Balaban J connectivity index is 1.36. The summed E-state index contributed by atoms with van der Waals surface area (Å²) < 4.78 is 7.44. The minimum atomic E-state index is -0.997. The zero-order chi connectivity index (χ0) is 25.2. The van der Waals surface area contributed by atoms with Crippen LogP contribution in [0.4, 0.5) is 0 Å². The molecule has 2 aliphatic carbocycles. The number of hydrogen-bond donors (Lipinski definition) is 3. The molecule has 10 heteroatoms. The molecule has 0 unspecified atom stereocenters. The van der Waals surface area contributed by atoms with Gasteiger partial charge in [0.1, 0.15) is 10.6 Å². The molecule has 0 radical (unpaired) electrons. The first-order valence-electron chi connectivity index (χ1n) is 12.7. The lowest BCUT2D eigenvalue weighted by molar-refractivity contribution is -0.155. The van der Waals surface area contributed by atoms with Gasteiger partial charge in [0.25, 0.3) is 11.5 Å². The van der Waals surface area contributed by atoms with Crippen molar-refractivity contribution in [1.29, 1.82) is 0 Å². The van der Waals surface area contributed by atoms with Gasteiger partial charge in [-0.25, -0.2) is 0 Å². The Morgan fingerprint density at radius 1 is 1.11 bits per heavy atom. The van der Waals surface area contributed by atoms with E-state index in [0.717, 1.165) is 55.0 Å². The first-order chi connectivity index (χ1) is 17.5. The van der Waals surface area contributed by atoms with Gasteiger partial charge in [-0.05, 0) is 25.7 Å². The predicted molar refractivity (Wildman–Crippen MR) is 136 cm³/mol. The van der Waals surface area contributed by atoms with Crippen LogP contribution in [-0.4, -0.2) is 49.3 Å². The van der Waals surface area contributed by atoms with Crippen LogP contribution in [0.25, 0.3) is 17.2 Å². The number of hydrogen-bond acceptors (Lipinski definition) is 6. The minimum absolute atomic E-state index is 0.0311. The number of fused-ring (bicyclic) bond motifs is 1. The second-order valence-corrected chi connectivity index (χ2v) is 10.5. The van der Waals surface area contributed by atoms with Crippen LogP contribution >= 0.6 is 11.6 Å². The summed E-state index contributed by atoms with van der Waals surface area (Å²) in [6.07, 6.45) is 7.97. The molecule has 1 aromatic carbocycles. The second kappa shape index (κ2) is 10.3. The number of amides is 1. The zero-order valence-electron chi connectivity index (χ0n) is 20.3. The van der Waals surface area contributed by atoms with Crippen molar-refractivity contribution in [3.8, 4) is 11.4 Å². The third-order valence-electron chi connectivity index (χ3n) is 7.74. The Kier molecular flexibility index (Phi) is 7.14. The van der Waals surface area contributed by atoms with E-state index < -0.39 is 11.2 Å². The number of carbonyl (C=O) groups is 1. The van der Waals surface area contributed by atoms with Crippen molar-refractivity contribution in [3.63, 3.8) is 0 Å². The molecule has 2 saturated carbocycles. The number of ether oxygens (including phenoxy) is 1. The number of H-pyrrole nitrogens is 1. The second-order valence-electron chi connectivity index (χ2n) is 10.2. The highest BCUT2D eigenvalue weighted by molar-refractivity contribution is 6.31. The average molecular weight is 514 g/mol. The molecule has 2 aromatic heterocycles. The van der Waals surface area contributed by atoms with Crippen molar-refractivity contribution in [3.05, 3.63) is 51.4 Å². The van der Waals surface area contributed by atoms with Gasteiger partial charge < -0.3 is 20.1 Å². The van der Waals surface area contributed by atoms with Crippen LogP contribution in [0.1, 0.15) is 63.5 Å². The molecular weight excluding hydrogens is 482 g/mol. The molecule has 2 aliphatic rings. The van der Waals surface area contributed by atoms with E-state index >= 15 is 0 Å². The lowest BCUT2D eigenvalue weighted by atomic mass is 9.82. The Labute approximate surface area is 214 Å². The molecule has 0 atom stereocenters. The number of nitrogens with one attached hydrogen (secondary N) is 2. The van der Waals surface area contributed by atoms with Crippen molar-refractivity contribution < 1.29 is 14.6 Å². The molecule has 5 rings (SSSR count). The minimum Gasteiger partial charge on any atom is -0.396 e. The van der Waals surface area contributed by atoms with Crippen molar-refractivity contribution >= 4 is 23.3 Å². The van der Waals surface area contributed by atoms with Gasteiger partial charge in [-0.2, -0.15) is 9.50 Å². The SMILES string of the molecule is O=C(NCC1(CO)CCCC1)C1(OCc2[nH]c3nc(-c4ccccc4)nn3c(=O)c2Cl)CCCCC1. The maximum absolute atomic E-state index is 13.4. The van der Waals surface area contributed by atoms with E-state index in [4.69, 9.17) is 16.3 Å². The van der Waals surface area contributed by atoms with Gasteiger partial charge in [0.05, 0.1) is 18.9 Å². The summed E-state index contributed by atoms with van der Waals surface area (Å²) in [5.74, 6) is 0.511. The van der Waals surface area contributed by atoms with E-state index in [1.54, 1.807) is 0 Å². The topological polar surface area (TPSA) is 122 Å². The van der Waals surface area contributed by atoms with Crippen LogP contribution in [0.15, 0.2) is 35.1 Å². The fourth-order valence-corrected chi connectivity index (χ4v) is 5.65. The standard InChI is InChI=1S/C26H32ClN5O4/c27-20-19(29-24-30-21(31-32(24)22(20)34)18-9-3-1-4-10-18)15-36-26(13-5-2-6-14-26)23(35)28-16-25(17-33)11-7-8-12-25/h1,3-4,9-10,33H,2,5-8,11-17H2,(H,28,35)(H,29,30,31). The number of aromatic amines is 1. The Bertz CT molecular complexity index is 1280. The average Bonchev–Trinajstić information content (AvgIpc) is 3.58. The van der Waals surface area contributed by atoms with Crippen molar-refractivity contribution in [1.82, 2.24) is 24.9 Å². The quantitative estimate of drug-likeness (QED) is 0.423. The maximum atomic E-state index is 13.4. The first-order valence-corrected chi connectivity index (χ1v) is 13.1. The summed E-state index contributed by atoms with van der Waals surface area (Å²) in [4.78, 5) is 33.9. The lowest BCUT2D eigenvalue weighted by Gasteiger charge is -2.37. The highest BCUT2D eigenvalue weighted by atomic mass is 35.5. The molecule has 36 heavy (non-hydrogen) atoms. The maximum Gasteiger partial charge on any atom is 0.294 e. The lowest BCUT2D eigenvalue weighted by Crippen LogP contribution is -2.52. The molecule has 3 aromatic rings. The molecule has 9 nitrogen and oxygen atoms in total. The Morgan fingerprint density at radius 2 is 1.81 bits per heavy atom. The summed E-state index contributed by atoms with van der Waals surface area (Å²) in [6, 6.07) is 9.37. The Hall–Kier alpha value is -2.75. The molecule has 0 saturated heterocycles. The molecule has 2 fully saturated rings. The third-order valence-corrected chi connectivity index (χ3v) is 8.13. The zero-order valence-corrected chi connectivity index (χ0v) is 21.0. The molecule has 192 valence electrons. The van der Waals surface area contributed by atoms with Gasteiger partial charge in [0.2, 0.25) is 5.78 Å². The smallest absolute Gasteiger partial charge is 0.294 e. The van der Waals surface area contributed by atoms with E-state index in [1.165, 1.54) is 0 Å². The van der Waals surface area contributed by atoms with Gasteiger partial charge in [-0.1, -0.05) is 74.0 Å².